The van der Waals surface area contributed by atoms with Gasteiger partial charge in [0, 0.05) is 31.7 Å². The molecule has 0 spiro atoms. The van der Waals surface area contributed by atoms with Crippen LogP contribution in [0.4, 0.5) is 5.82 Å². The normalized spacial score (nSPS) is 15.3. The van der Waals surface area contributed by atoms with Crippen molar-refractivity contribution in [2.45, 2.75) is 32.6 Å². The second kappa shape index (κ2) is 8.40. The first-order valence-corrected chi connectivity index (χ1v) is 11.9. The van der Waals surface area contributed by atoms with E-state index in [1.54, 1.807) is 16.4 Å². The van der Waals surface area contributed by atoms with Crippen molar-refractivity contribution in [3.8, 4) is 11.3 Å². The maximum Gasteiger partial charge on any atom is 0.243 e. The Morgan fingerprint density at radius 2 is 1.42 bits per heavy atom. The summed E-state index contributed by atoms with van der Waals surface area (Å²) in [5, 5.41) is 8.84. The van der Waals surface area contributed by atoms with Crippen LogP contribution in [0, 0.1) is 27.7 Å². The molecule has 0 aliphatic carbocycles. The SMILES string of the molecule is Cc1cc(C)cc(S(=O)(=O)N2CCN(c3ccc(-c4ccc(C)cc4C)nn3)CC2)c1. The minimum absolute atomic E-state index is 0.371. The van der Waals surface area contributed by atoms with E-state index in [0.29, 0.717) is 31.1 Å². The molecule has 6 nitrogen and oxygen atoms in total. The Morgan fingerprint density at radius 1 is 0.742 bits per heavy atom. The maximum absolute atomic E-state index is 13.1. The Labute approximate surface area is 184 Å². The maximum atomic E-state index is 13.1. The predicted octanol–water partition coefficient (Wildman–Crippen LogP) is 3.89. The molecule has 1 saturated heterocycles. The minimum Gasteiger partial charge on any atom is -0.352 e. The van der Waals surface area contributed by atoms with Gasteiger partial charge in [-0.2, -0.15) is 4.31 Å². The summed E-state index contributed by atoms with van der Waals surface area (Å²) in [4.78, 5) is 2.46. The van der Waals surface area contributed by atoms with E-state index in [2.05, 4.69) is 47.1 Å². The van der Waals surface area contributed by atoms with Crippen LogP contribution in [0.5, 0.6) is 0 Å². The fraction of sp³-hybridized carbons (Fsp3) is 0.333. The summed E-state index contributed by atoms with van der Waals surface area (Å²) < 4.78 is 27.7. The van der Waals surface area contributed by atoms with Crippen molar-refractivity contribution in [2.24, 2.45) is 0 Å². The quantitative estimate of drug-likeness (QED) is 0.621. The van der Waals surface area contributed by atoms with Gasteiger partial charge in [0.25, 0.3) is 0 Å². The van der Waals surface area contributed by atoms with Gasteiger partial charge in [-0.3, -0.25) is 0 Å². The van der Waals surface area contributed by atoms with Crippen molar-refractivity contribution in [1.82, 2.24) is 14.5 Å². The van der Waals surface area contributed by atoms with E-state index in [1.807, 2.05) is 32.0 Å². The summed E-state index contributed by atoms with van der Waals surface area (Å²) in [5.74, 6) is 0.775. The van der Waals surface area contributed by atoms with Crippen LogP contribution in [-0.2, 0) is 10.0 Å². The van der Waals surface area contributed by atoms with Crippen LogP contribution in [0.1, 0.15) is 22.3 Å². The predicted molar refractivity (Wildman–Crippen MR) is 124 cm³/mol. The number of piperazine rings is 1. The van der Waals surface area contributed by atoms with Crippen LogP contribution in [-0.4, -0.2) is 49.1 Å². The summed E-state index contributed by atoms with van der Waals surface area (Å²) >= 11 is 0. The summed E-state index contributed by atoms with van der Waals surface area (Å²) in [6, 6.07) is 15.7. The first-order chi connectivity index (χ1) is 14.7. The van der Waals surface area contributed by atoms with E-state index in [1.165, 1.54) is 11.1 Å². The third-order valence-corrected chi connectivity index (χ3v) is 7.58. The highest BCUT2D eigenvalue weighted by Gasteiger charge is 2.29. The minimum atomic E-state index is -3.49. The highest BCUT2D eigenvalue weighted by atomic mass is 32.2. The molecule has 7 heteroatoms. The zero-order chi connectivity index (χ0) is 22.2. The van der Waals surface area contributed by atoms with E-state index in [4.69, 9.17) is 0 Å². The lowest BCUT2D eigenvalue weighted by atomic mass is 10.0. The number of anilines is 1. The van der Waals surface area contributed by atoms with Crippen molar-refractivity contribution in [2.75, 3.05) is 31.1 Å². The van der Waals surface area contributed by atoms with Gasteiger partial charge in [-0.1, -0.05) is 29.8 Å². The second-order valence-electron chi connectivity index (χ2n) is 8.31. The molecular weight excluding hydrogens is 408 g/mol. The Morgan fingerprint density at radius 3 is 2.00 bits per heavy atom. The van der Waals surface area contributed by atoms with Gasteiger partial charge in [0.1, 0.15) is 0 Å². The first kappa shape index (κ1) is 21.5. The number of sulfonamides is 1. The molecule has 162 valence electrons. The van der Waals surface area contributed by atoms with Gasteiger partial charge in [-0.25, -0.2) is 8.42 Å². The van der Waals surface area contributed by atoms with Gasteiger partial charge in [0.2, 0.25) is 10.0 Å². The molecule has 1 fully saturated rings. The summed E-state index contributed by atoms with van der Waals surface area (Å²) in [5.41, 5.74) is 6.23. The molecule has 1 aliphatic heterocycles. The van der Waals surface area contributed by atoms with Gasteiger partial charge >= 0.3 is 0 Å². The van der Waals surface area contributed by atoms with E-state index >= 15 is 0 Å². The first-order valence-electron chi connectivity index (χ1n) is 10.5. The zero-order valence-electron chi connectivity index (χ0n) is 18.5. The Kier molecular flexibility index (Phi) is 5.81. The molecule has 0 bridgehead atoms. The van der Waals surface area contributed by atoms with Gasteiger partial charge < -0.3 is 4.90 Å². The van der Waals surface area contributed by atoms with Crippen LogP contribution >= 0.6 is 0 Å². The number of hydrogen-bond acceptors (Lipinski definition) is 5. The fourth-order valence-corrected chi connectivity index (χ4v) is 5.74. The second-order valence-corrected chi connectivity index (χ2v) is 10.2. The average Bonchev–Trinajstić information content (AvgIpc) is 2.73. The third-order valence-electron chi connectivity index (χ3n) is 5.70. The van der Waals surface area contributed by atoms with Gasteiger partial charge in [-0.05, 0) is 68.7 Å². The van der Waals surface area contributed by atoms with Gasteiger partial charge in [0.05, 0.1) is 10.6 Å². The van der Waals surface area contributed by atoms with Crippen LogP contribution in [0.15, 0.2) is 53.4 Å². The number of benzene rings is 2. The molecule has 0 N–H and O–H groups in total. The summed E-state index contributed by atoms with van der Waals surface area (Å²) in [6.45, 7) is 10.0. The van der Waals surface area contributed by atoms with Crippen molar-refractivity contribution in [3.63, 3.8) is 0 Å². The zero-order valence-corrected chi connectivity index (χ0v) is 19.3. The largest absolute Gasteiger partial charge is 0.352 e. The smallest absolute Gasteiger partial charge is 0.243 e. The lowest BCUT2D eigenvalue weighted by molar-refractivity contribution is 0.383. The van der Waals surface area contributed by atoms with Crippen LogP contribution in [0.2, 0.25) is 0 Å². The molecule has 0 unspecified atom stereocenters. The van der Waals surface area contributed by atoms with Crippen molar-refractivity contribution >= 4 is 15.8 Å². The van der Waals surface area contributed by atoms with E-state index in [9.17, 15) is 8.42 Å². The summed E-state index contributed by atoms with van der Waals surface area (Å²) in [7, 11) is -3.49. The van der Waals surface area contributed by atoms with Crippen molar-refractivity contribution < 1.29 is 8.42 Å². The standard InChI is InChI=1S/C24H28N4O2S/c1-17-5-6-22(20(4)14-17)23-7-8-24(26-25-23)27-9-11-28(12-10-27)31(29,30)21-15-18(2)13-19(3)16-21/h5-8,13-16H,9-12H2,1-4H3. The molecule has 0 atom stereocenters. The highest BCUT2D eigenvalue weighted by Crippen LogP contribution is 2.25. The molecular formula is C24H28N4O2S. The fourth-order valence-electron chi connectivity index (χ4n) is 4.13. The molecule has 2 heterocycles. The Hall–Kier alpha value is -2.77. The molecule has 4 rings (SSSR count). The lowest BCUT2D eigenvalue weighted by Crippen LogP contribution is -2.49. The average molecular weight is 437 g/mol. The topological polar surface area (TPSA) is 66.4 Å². The molecule has 0 radical (unpaired) electrons. The van der Waals surface area contributed by atoms with E-state index in [0.717, 1.165) is 28.2 Å². The van der Waals surface area contributed by atoms with Crippen molar-refractivity contribution in [1.29, 1.82) is 0 Å². The Balaban J connectivity index is 1.46. The van der Waals surface area contributed by atoms with E-state index in [-0.39, 0.29) is 0 Å². The van der Waals surface area contributed by atoms with E-state index < -0.39 is 10.0 Å². The molecule has 1 aliphatic rings. The summed E-state index contributed by atoms with van der Waals surface area (Å²) in [6.07, 6.45) is 0. The number of nitrogens with zero attached hydrogens (tertiary/aromatic N) is 4. The molecule has 2 aromatic carbocycles. The molecule has 31 heavy (non-hydrogen) atoms. The molecule has 0 amide bonds. The van der Waals surface area contributed by atoms with Crippen molar-refractivity contribution in [3.05, 3.63) is 70.8 Å². The van der Waals surface area contributed by atoms with Gasteiger partial charge in [0.15, 0.2) is 5.82 Å². The lowest BCUT2D eigenvalue weighted by Gasteiger charge is -2.34. The molecule has 1 aromatic heterocycles. The third kappa shape index (κ3) is 4.48. The molecule has 0 saturated carbocycles. The highest BCUT2D eigenvalue weighted by molar-refractivity contribution is 7.89. The Bertz CT molecular complexity index is 1180. The number of hydrogen-bond donors (Lipinski definition) is 0. The number of aromatic nitrogens is 2. The monoisotopic (exact) mass is 436 g/mol. The number of aryl methyl sites for hydroxylation is 4. The number of rotatable bonds is 4. The van der Waals surface area contributed by atoms with Crippen LogP contribution < -0.4 is 4.90 Å². The molecule has 3 aromatic rings. The van der Waals surface area contributed by atoms with Crippen LogP contribution in [0.25, 0.3) is 11.3 Å². The van der Waals surface area contributed by atoms with Crippen LogP contribution in [0.3, 0.4) is 0 Å². The van der Waals surface area contributed by atoms with Gasteiger partial charge in [-0.15, -0.1) is 10.2 Å².